The van der Waals surface area contributed by atoms with Gasteiger partial charge in [-0.15, -0.1) is 0 Å². The van der Waals surface area contributed by atoms with Gasteiger partial charge in [-0.3, -0.25) is 9.59 Å². The van der Waals surface area contributed by atoms with E-state index in [-0.39, 0.29) is 49.9 Å². The van der Waals surface area contributed by atoms with Gasteiger partial charge < -0.3 is 50.3 Å². The molecule has 0 saturated heterocycles. The number of carbonyl (C=O) groups is 2. The minimum atomic E-state index is -1.75. The molecule has 18 nitrogen and oxygen atoms in total. The van der Waals surface area contributed by atoms with Crippen molar-refractivity contribution in [3.8, 4) is 23.0 Å². The molecule has 21 heteroatoms. The number of nitrogens with zero attached hydrogens (tertiary/aromatic N) is 4. The normalized spacial score (nSPS) is 9.65. The predicted molar refractivity (Wildman–Crippen MR) is 173 cm³/mol. The number of amides is 2. The number of hydrogen-bond donors (Lipinski definition) is 4. The first kappa shape index (κ1) is 44.5. The number of rotatable bonds is 8. The summed E-state index contributed by atoms with van der Waals surface area (Å²) in [5.74, 6) is -1.32. The minimum absolute atomic E-state index is 0. The van der Waals surface area contributed by atoms with Crippen LogP contribution in [0.5, 0.6) is 23.0 Å². The van der Waals surface area contributed by atoms with Crippen LogP contribution >= 0.6 is 0 Å². The van der Waals surface area contributed by atoms with Gasteiger partial charge in [0.25, 0.3) is 11.8 Å². The van der Waals surface area contributed by atoms with Crippen molar-refractivity contribution in [2.24, 2.45) is 10.2 Å². The first-order chi connectivity index (χ1) is 23.7. The Bertz CT molecular complexity index is 1660. The van der Waals surface area contributed by atoms with Gasteiger partial charge in [-0.2, -0.15) is 10.2 Å². The molecule has 4 rings (SSSR count). The number of aromatic hydroxyl groups is 2. The monoisotopic (exact) mass is 814 g/mol. The van der Waals surface area contributed by atoms with Crippen molar-refractivity contribution in [2.75, 3.05) is 14.2 Å². The van der Waals surface area contributed by atoms with E-state index in [4.69, 9.17) is 40.1 Å². The van der Waals surface area contributed by atoms with Gasteiger partial charge in [0.2, 0.25) is 0 Å². The Morgan fingerprint density at radius 2 is 0.941 bits per heavy atom. The van der Waals surface area contributed by atoms with Gasteiger partial charge in [-0.25, -0.2) is 19.6 Å². The number of halogens is 2. The van der Waals surface area contributed by atoms with Crippen molar-refractivity contribution in [1.29, 1.82) is 0 Å². The number of nitrogens with one attached hydrogen (secondary N) is 2. The van der Waals surface area contributed by atoms with Gasteiger partial charge in [0.05, 0.1) is 36.8 Å². The number of methoxy groups -OCH3 is 2. The van der Waals surface area contributed by atoms with Crippen LogP contribution < -0.4 is 20.3 Å². The Balaban J connectivity index is 0.000000797. The molecule has 4 aromatic carbocycles. The Morgan fingerprint density at radius 3 is 1.22 bits per heavy atom. The average Bonchev–Trinajstić information content (AvgIpc) is 3.06. The number of hydrazone groups is 2. The molecule has 0 radical (unpaired) electrons. The maximum absolute atomic E-state index is 12.7. The Labute approximate surface area is 306 Å². The molecule has 4 aromatic rings. The second-order valence-electron chi connectivity index (χ2n) is 8.66. The van der Waals surface area contributed by atoms with Crippen LogP contribution in [0.15, 0.2) is 95.1 Å². The SMILES string of the molecule is COc1cccc(C=NNC(=O)c2ccc(F)cc2)c1O.COc1cccc(C=NNC(=O)c2ccc(F)cc2)c1O.O=[N+]([O-])[O-].O=[N+]([O-])[O-].[Cd+2]. The van der Waals surface area contributed by atoms with Crippen LogP contribution in [0.3, 0.4) is 0 Å². The van der Waals surface area contributed by atoms with Crippen LogP contribution in [0.4, 0.5) is 8.78 Å². The summed E-state index contributed by atoms with van der Waals surface area (Å²) in [6.07, 6.45) is 2.58. The molecule has 264 valence electrons. The van der Waals surface area contributed by atoms with E-state index in [0.717, 1.165) is 0 Å². The van der Waals surface area contributed by atoms with Crippen LogP contribution in [0, 0.1) is 42.3 Å². The summed E-state index contributed by atoms with van der Waals surface area (Å²) in [4.78, 5) is 39.9. The van der Waals surface area contributed by atoms with E-state index in [1.807, 2.05) is 0 Å². The van der Waals surface area contributed by atoms with E-state index in [9.17, 15) is 28.6 Å². The van der Waals surface area contributed by atoms with Gasteiger partial charge >= 0.3 is 27.3 Å². The van der Waals surface area contributed by atoms with Gasteiger partial charge in [-0.1, -0.05) is 12.1 Å². The Morgan fingerprint density at radius 1 is 0.647 bits per heavy atom. The largest absolute Gasteiger partial charge is 2.00 e. The Hall–Kier alpha value is -6.46. The quantitative estimate of drug-likeness (QED) is 0.0846. The van der Waals surface area contributed by atoms with Gasteiger partial charge in [-0.05, 0) is 72.8 Å². The number of carbonyl (C=O) groups excluding carboxylic acids is 2. The fourth-order valence-corrected chi connectivity index (χ4v) is 3.27. The summed E-state index contributed by atoms with van der Waals surface area (Å²) in [5.41, 5.74) is 5.93. The van der Waals surface area contributed by atoms with Crippen LogP contribution in [0.1, 0.15) is 31.8 Å². The standard InChI is InChI=1S/2C15H13FN2O3.Cd.2NO3/c2*1-21-13-4-2-3-11(14(13)19)9-17-18-15(20)10-5-7-12(16)8-6-10;;2*2-1(3)4/h2*2-9,19H,1H3,(H,18,20);;;/q;;+2;2*-1. The molecule has 0 saturated carbocycles. The topological polar surface area (TPSA) is 274 Å². The first-order valence-corrected chi connectivity index (χ1v) is 13.2. The van der Waals surface area contributed by atoms with E-state index in [1.54, 1.807) is 36.4 Å². The molecule has 2 amide bonds. The molecule has 0 aliphatic carbocycles. The van der Waals surface area contributed by atoms with Gasteiger partial charge in [0.1, 0.15) is 11.6 Å². The average molecular weight is 813 g/mol. The second-order valence-corrected chi connectivity index (χ2v) is 8.66. The van der Waals surface area contributed by atoms with Crippen LogP contribution in [0.2, 0.25) is 0 Å². The zero-order valence-electron chi connectivity index (χ0n) is 26.5. The number of ether oxygens (including phenoxy) is 2. The summed E-state index contributed by atoms with van der Waals surface area (Å²) in [7, 11) is 2.87. The molecule has 0 spiro atoms. The molecule has 0 unspecified atom stereocenters. The molecular formula is C30H26CdF2N6O12. The molecule has 0 bridgehead atoms. The van der Waals surface area contributed by atoms with E-state index in [2.05, 4.69) is 21.1 Å². The van der Waals surface area contributed by atoms with Gasteiger partial charge in [0, 0.05) is 22.3 Å². The third-order valence-corrected chi connectivity index (χ3v) is 5.45. The van der Waals surface area contributed by atoms with E-state index in [0.29, 0.717) is 22.6 Å². The summed E-state index contributed by atoms with van der Waals surface area (Å²) in [6, 6.07) is 19.9. The van der Waals surface area contributed by atoms with E-state index in [1.165, 1.54) is 75.2 Å². The van der Waals surface area contributed by atoms with Crippen LogP contribution in [-0.2, 0) is 27.3 Å². The molecule has 4 N–H and O–H groups in total. The molecule has 0 aliphatic heterocycles. The number of hydrogen-bond acceptors (Lipinski definition) is 14. The maximum Gasteiger partial charge on any atom is 2.00 e. The summed E-state index contributed by atoms with van der Waals surface area (Å²) < 4.78 is 35.4. The third-order valence-electron chi connectivity index (χ3n) is 5.45. The second kappa shape index (κ2) is 23.8. The molecule has 0 atom stereocenters. The smallest absolute Gasteiger partial charge is 0.504 e. The zero-order chi connectivity index (χ0) is 37.6. The van der Waals surface area contributed by atoms with Gasteiger partial charge in [0.15, 0.2) is 23.0 Å². The fourth-order valence-electron chi connectivity index (χ4n) is 3.27. The maximum atomic E-state index is 12.7. The summed E-state index contributed by atoms with van der Waals surface area (Å²) in [5, 5.41) is 56.6. The number of para-hydroxylation sites is 2. The predicted octanol–water partition coefficient (Wildman–Crippen LogP) is 4.13. The van der Waals surface area contributed by atoms with Crippen LogP contribution in [0.25, 0.3) is 0 Å². The molecule has 0 aromatic heterocycles. The molecular weight excluding hydrogens is 787 g/mol. The van der Waals surface area contributed by atoms with Crippen molar-refractivity contribution in [1.82, 2.24) is 10.9 Å². The summed E-state index contributed by atoms with van der Waals surface area (Å²) in [6.45, 7) is 0. The van der Waals surface area contributed by atoms with Crippen LogP contribution in [-0.4, -0.2) is 58.8 Å². The first-order valence-electron chi connectivity index (χ1n) is 13.2. The van der Waals surface area contributed by atoms with Crippen molar-refractivity contribution in [3.63, 3.8) is 0 Å². The fraction of sp³-hybridized carbons (Fsp3) is 0.0667. The van der Waals surface area contributed by atoms with E-state index >= 15 is 0 Å². The Kier molecular flexibility index (Phi) is 20.8. The molecule has 0 aliphatic rings. The van der Waals surface area contributed by atoms with Crippen molar-refractivity contribution in [3.05, 3.63) is 149 Å². The van der Waals surface area contributed by atoms with E-state index < -0.39 is 33.6 Å². The molecule has 51 heavy (non-hydrogen) atoms. The number of phenols is 2. The third kappa shape index (κ3) is 17.5. The van der Waals surface area contributed by atoms with Crippen molar-refractivity contribution in [2.45, 2.75) is 0 Å². The molecule has 0 heterocycles. The zero-order valence-corrected chi connectivity index (χ0v) is 30.5. The van der Waals surface area contributed by atoms with Crippen molar-refractivity contribution < 1.29 is 75.5 Å². The number of phenolic OH excluding ortho intramolecular Hbond substituents is 2. The summed E-state index contributed by atoms with van der Waals surface area (Å²) >= 11 is 0. The molecule has 0 fully saturated rings. The minimum Gasteiger partial charge on any atom is -0.504 e. The number of benzene rings is 4. The van der Waals surface area contributed by atoms with Crippen molar-refractivity contribution >= 4 is 24.2 Å².